The maximum atomic E-state index is 12.4. The van der Waals surface area contributed by atoms with Crippen molar-refractivity contribution in [2.45, 2.75) is 26.2 Å². The normalized spacial score (nSPS) is 10.0. The van der Waals surface area contributed by atoms with Gasteiger partial charge in [-0.25, -0.2) is 9.59 Å². The van der Waals surface area contributed by atoms with Crippen LogP contribution in [0.3, 0.4) is 0 Å². The van der Waals surface area contributed by atoms with Crippen molar-refractivity contribution >= 4 is 17.9 Å². The van der Waals surface area contributed by atoms with Crippen LogP contribution < -0.4 is 14.2 Å². The first-order chi connectivity index (χ1) is 16.4. The van der Waals surface area contributed by atoms with Gasteiger partial charge in [0.05, 0.1) is 31.6 Å². The van der Waals surface area contributed by atoms with E-state index in [4.69, 9.17) is 18.9 Å². The molecule has 34 heavy (non-hydrogen) atoms. The van der Waals surface area contributed by atoms with Crippen LogP contribution in [0.15, 0.2) is 68.0 Å². The Bertz CT molecular complexity index is 994. The maximum Gasteiger partial charge on any atom is 0.343 e. The van der Waals surface area contributed by atoms with E-state index in [0.29, 0.717) is 48.9 Å². The molecule has 0 saturated heterocycles. The van der Waals surface area contributed by atoms with Crippen LogP contribution in [0.4, 0.5) is 0 Å². The fourth-order valence-corrected chi connectivity index (χ4v) is 2.73. The third kappa shape index (κ3) is 9.20. The van der Waals surface area contributed by atoms with Crippen molar-refractivity contribution in [1.29, 1.82) is 0 Å². The molecule has 0 aliphatic rings. The van der Waals surface area contributed by atoms with Crippen LogP contribution >= 0.6 is 0 Å². The first-order valence-electron chi connectivity index (χ1n) is 10.7. The van der Waals surface area contributed by atoms with Crippen LogP contribution in [0.5, 0.6) is 17.2 Å². The standard InChI is InChI=1S/C26H28O8/c1-4-24(27)33-17-7-16-32-23-14-13-22(18-19(23)3)34-26(29)20-9-11-21(12-10-20)31-15-6-8-25(28)30-5-2/h4-5,9-14,18H,1-2,6-8,15-17H2,3H3. The molecule has 0 unspecified atom stereocenters. The maximum absolute atomic E-state index is 12.4. The van der Waals surface area contributed by atoms with Gasteiger partial charge in [-0.05, 0) is 61.4 Å². The monoisotopic (exact) mass is 468 g/mol. The van der Waals surface area contributed by atoms with Crippen LogP contribution in [-0.2, 0) is 19.1 Å². The van der Waals surface area contributed by atoms with Crippen LogP contribution in [0.2, 0.25) is 0 Å². The van der Waals surface area contributed by atoms with Crippen molar-refractivity contribution in [3.05, 3.63) is 79.1 Å². The predicted molar refractivity (Wildman–Crippen MR) is 125 cm³/mol. The number of hydrogen-bond donors (Lipinski definition) is 0. The summed E-state index contributed by atoms with van der Waals surface area (Å²) in [6, 6.07) is 11.6. The highest BCUT2D eigenvalue weighted by Gasteiger charge is 2.11. The van der Waals surface area contributed by atoms with Crippen LogP contribution in [-0.4, -0.2) is 37.7 Å². The van der Waals surface area contributed by atoms with E-state index in [1.807, 2.05) is 6.92 Å². The van der Waals surface area contributed by atoms with Gasteiger partial charge < -0.3 is 23.7 Å². The van der Waals surface area contributed by atoms with Crippen molar-refractivity contribution in [2.75, 3.05) is 19.8 Å². The van der Waals surface area contributed by atoms with Crippen molar-refractivity contribution in [3.8, 4) is 17.2 Å². The molecule has 0 aromatic heterocycles. The first-order valence-corrected chi connectivity index (χ1v) is 10.7. The Morgan fingerprint density at radius 1 is 0.882 bits per heavy atom. The molecule has 2 aromatic rings. The van der Waals surface area contributed by atoms with Gasteiger partial charge in [-0.15, -0.1) is 0 Å². The number of carbonyl (C=O) groups excluding carboxylic acids is 3. The number of benzene rings is 2. The summed E-state index contributed by atoms with van der Waals surface area (Å²) >= 11 is 0. The van der Waals surface area contributed by atoms with Gasteiger partial charge in [0.25, 0.3) is 0 Å². The van der Waals surface area contributed by atoms with Gasteiger partial charge in [0.15, 0.2) is 0 Å². The largest absolute Gasteiger partial charge is 0.494 e. The minimum atomic E-state index is -0.504. The Morgan fingerprint density at radius 2 is 1.59 bits per heavy atom. The molecule has 2 rings (SSSR count). The van der Waals surface area contributed by atoms with E-state index in [2.05, 4.69) is 17.9 Å². The predicted octanol–water partition coefficient (Wildman–Crippen LogP) is 4.56. The Balaban J connectivity index is 1.78. The first kappa shape index (κ1) is 26.2. The molecule has 0 amide bonds. The van der Waals surface area contributed by atoms with Crippen molar-refractivity contribution in [2.24, 2.45) is 0 Å². The summed E-state index contributed by atoms with van der Waals surface area (Å²) in [6.07, 6.45) is 3.47. The lowest BCUT2D eigenvalue weighted by Crippen LogP contribution is -2.09. The van der Waals surface area contributed by atoms with E-state index < -0.39 is 11.9 Å². The third-order valence-corrected chi connectivity index (χ3v) is 4.41. The molecule has 8 heteroatoms. The summed E-state index contributed by atoms with van der Waals surface area (Å²) in [4.78, 5) is 34.7. The van der Waals surface area contributed by atoms with Gasteiger partial charge in [-0.1, -0.05) is 13.2 Å². The highest BCUT2D eigenvalue weighted by atomic mass is 16.5. The zero-order valence-electron chi connectivity index (χ0n) is 19.1. The second-order valence-electron chi connectivity index (χ2n) is 7.02. The number of esters is 3. The Morgan fingerprint density at radius 3 is 2.26 bits per heavy atom. The van der Waals surface area contributed by atoms with E-state index in [0.717, 1.165) is 17.9 Å². The number of ether oxygens (including phenoxy) is 5. The summed E-state index contributed by atoms with van der Waals surface area (Å²) < 4.78 is 26.2. The number of hydrogen-bond acceptors (Lipinski definition) is 8. The lowest BCUT2D eigenvalue weighted by atomic mass is 10.2. The van der Waals surface area contributed by atoms with Crippen molar-refractivity contribution in [1.82, 2.24) is 0 Å². The van der Waals surface area contributed by atoms with E-state index in [1.54, 1.807) is 42.5 Å². The number of carbonyl (C=O) groups is 3. The smallest absolute Gasteiger partial charge is 0.343 e. The Kier molecular flexibility index (Phi) is 10.9. The molecule has 0 radical (unpaired) electrons. The molecule has 8 nitrogen and oxygen atoms in total. The minimum Gasteiger partial charge on any atom is -0.494 e. The van der Waals surface area contributed by atoms with Gasteiger partial charge in [0.2, 0.25) is 0 Å². The van der Waals surface area contributed by atoms with Gasteiger partial charge >= 0.3 is 17.9 Å². The van der Waals surface area contributed by atoms with Crippen LogP contribution in [0, 0.1) is 6.92 Å². The zero-order chi connectivity index (χ0) is 24.8. The summed E-state index contributed by atoms with van der Waals surface area (Å²) in [5, 5.41) is 0. The quantitative estimate of drug-likeness (QED) is 0.131. The lowest BCUT2D eigenvalue weighted by molar-refractivity contribution is -0.139. The molecule has 0 saturated carbocycles. The molecule has 0 heterocycles. The average molecular weight is 469 g/mol. The molecule has 0 spiro atoms. The molecule has 0 aliphatic heterocycles. The minimum absolute atomic E-state index is 0.227. The van der Waals surface area contributed by atoms with E-state index >= 15 is 0 Å². The number of rotatable bonds is 14. The fraction of sp³-hybridized carbons (Fsp3) is 0.269. The SMILES string of the molecule is C=COC(=O)CCCOc1ccc(C(=O)Oc2ccc(OCCCOC(=O)C=C)c(C)c2)cc1. The Labute approximate surface area is 198 Å². The highest BCUT2D eigenvalue weighted by molar-refractivity contribution is 5.91. The van der Waals surface area contributed by atoms with Gasteiger partial charge in [0.1, 0.15) is 17.2 Å². The van der Waals surface area contributed by atoms with Crippen molar-refractivity contribution < 1.29 is 38.1 Å². The summed E-state index contributed by atoms with van der Waals surface area (Å²) in [5.41, 5.74) is 1.17. The molecule has 0 aliphatic carbocycles. The van der Waals surface area contributed by atoms with Crippen LogP contribution in [0.1, 0.15) is 35.2 Å². The third-order valence-electron chi connectivity index (χ3n) is 4.41. The molecule has 0 N–H and O–H groups in total. The molecular weight excluding hydrogens is 440 g/mol. The van der Waals surface area contributed by atoms with Gasteiger partial charge in [-0.2, -0.15) is 0 Å². The zero-order valence-corrected chi connectivity index (χ0v) is 19.1. The van der Waals surface area contributed by atoms with Crippen LogP contribution in [0.25, 0.3) is 0 Å². The van der Waals surface area contributed by atoms with Gasteiger partial charge in [-0.3, -0.25) is 4.79 Å². The van der Waals surface area contributed by atoms with E-state index in [1.165, 1.54) is 0 Å². The second-order valence-corrected chi connectivity index (χ2v) is 7.02. The molecule has 180 valence electrons. The van der Waals surface area contributed by atoms with Crippen molar-refractivity contribution in [3.63, 3.8) is 0 Å². The van der Waals surface area contributed by atoms with Gasteiger partial charge in [0, 0.05) is 18.9 Å². The van der Waals surface area contributed by atoms with E-state index in [9.17, 15) is 14.4 Å². The molecule has 0 fully saturated rings. The second kappa shape index (κ2) is 14.2. The molecule has 2 aromatic carbocycles. The highest BCUT2D eigenvalue weighted by Crippen LogP contribution is 2.24. The summed E-state index contributed by atoms with van der Waals surface area (Å²) in [6.45, 7) is 9.45. The molecule has 0 atom stereocenters. The lowest BCUT2D eigenvalue weighted by Gasteiger charge is -2.11. The molecule has 0 bridgehead atoms. The fourth-order valence-electron chi connectivity index (χ4n) is 2.73. The topological polar surface area (TPSA) is 97.4 Å². The average Bonchev–Trinajstić information content (AvgIpc) is 2.83. The number of aryl methyl sites for hydroxylation is 1. The van der Waals surface area contributed by atoms with E-state index in [-0.39, 0.29) is 19.0 Å². The summed E-state index contributed by atoms with van der Waals surface area (Å²) in [5.74, 6) is 0.280. The summed E-state index contributed by atoms with van der Waals surface area (Å²) in [7, 11) is 0. The molecular formula is C26H28O8. The Hall–Kier alpha value is -4.07.